The van der Waals surface area contributed by atoms with Crippen molar-refractivity contribution in [3.8, 4) is 0 Å². The molecule has 0 unspecified atom stereocenters. The van der Waals surface area contributed by atoms with Crippen LogP contribution >= 0.6 is 0 Å². The fourth-order valence-electron chi connectivity index (χ4n) is 0.926. The Morgan fingerprint density at radius 3 is 2.85 bits per heavy atom. The van der Waals surface area contributed by atoms with Crippen molar-refractivity contribution in [3.05, 3.63) is 42.3 Å². The van der Waals surface area contributed by atoms with Crippen molar-refractivity contribution in [2.24, 2.45) is 0 Å². The van der Waals surface area contributed by atoms with Crippen LogP contribution in [0.5, 0.6) is 0 Å². The Bertz CT molecular complexity index is 244. The monoisotopic (exact) mass is 218 g/mol. The standard InChI is InChI=1S/C11H12O.Ni/c1-2-11(12)9-8-10-6-4-3-5-7-10;/h3-6,9H,2,8H2,1H3;/q-2;+2. The first kappa shape index (κ1) is 12.3. The van der Waals surface area contributed by atoms with E-state index in [1.54, 1.807) is 6.42 Å². The van der Waals surface area contributed by atoms with Crippen molar-refractivity contribution < 1.29 is 21.3 Å². The molecule has 0 fully saturated rings. The molecule has 0 aliphatic carbocycles. The molecule has 1 rings (SSSR count). The van der Waals surface area contributed by atoms with Gasteiger partial charge in [-0.15, -0.1) is 0 Å². The predicted octanol–water partition coefficient (Wildman–Crippen LogP) is 2.21. The Labute approximate surface area is 89.5 Å². The molecule has 0 heterocycles. The fourth-order valence-corrected chi connectivity index (χ4v) is 0.926. The molecule has 0 saturated carbocycles. The van der Waals surface area contributed by atoms with Crippen molar-refractivity contribution in [1.29, 1.82) is 0 Å². The van der Waals surface area contributed by atoms with E-state index < -0.39 is 0 Å². The van der Waals surface area contributed by atoms with Gasteiger partial charge in [0.15, 0.2) is 0 Å². The summed E-state index contributed by atoms with van der Waals surface area (Å²) in [7, 11) is 0. The molecule has 72 valence electrons. The van der Waals surface area contributed by atoms with Crippen molar-refractivity contribution in [2.75, 3.05) is 0 Å². The third-order valence-electron chi connectivity index (χ3n) is 1.67. The van der Waals surface area contributed by atoms with E-state index in [2.05, 4.69) is 6.07 Å². The molecule has 0 spiro atoms. The summed E-state index contributed by atoms with van der Waals surface area (Å²) in [6.45, 7) is 1.87. The van der Waals surface area contributed by atoms with Gasteiger partial charge >= 0.3 is 16.5 Å². The van der Waals surface area contributed by atoms with Gasteiger partial charge in [-0.2, -0.15) is 42.3 Å². The zero-order chi connectivity index (χ0) is 8.81. The van der Waals surface area contributed by atoms with Crippen molar-refractivity contribution in [2.45, 2.75) is 19.8 Å². The Morgan fingerprint density at radius 1 is 1.54 bits per heavy atom. The third kappa shape index (κ3) is 4.74. The molecule has 1 aromatic carbocycles. The van der Waals surface area contributed by atoms with E-state index in [4.69, 9.17) is 0 Å². The van der Waals surface area contributed by atoms with Gasteiger partial charge in [0.05, 0.1) is 0 Å². The van der Waals surface area contributed by atoms with Crippen LogP contribution in [0.3, 0.4) is 0 Å². The van der Waals surface area contributed by atoms with E-state index in [9.17, 15) is 4.79 Å². The van der Waals surface area contributed by atoms with E-state index in [1.807, 2.05) is 31.2 Å². The molecule has 0 atom stereocenters. The van der Waals surface area contributed by atoms with Crippen LogP contribution in [0, 0.1) is 12.5 Å². The van der Waals surface area contributed by atoms with Gasteiger partial charge in [0, 0.05) is 0 Å². The van der Waals surface area contributed by atoms with E-state index in [-0.39, 0.29) is 22.3 Å². The zero-order valence-corrected chi connectivity index (χ0v) is 8.51. The molecule has 2 heteroatoms. The summed E-state index contributed by atoms with van der Waals surface area (Å²) in [5.74, 6) is 0.201. The van der Waals surface area contributed by atoms with E-state index >= 15 is 0 Å². The van der Waals surface area contributed by atoms with Gasteiger partial charge < -0.3 is 11.2 Å². The molecule has 0 aromatic heterocycles. The molecule has 0 radical (unpaired) electrons. The van der Waals surface area contributed by atoms with Crippen LogP contribution in [-0.2, 0) is 27.7 Å². The summed E-state index contributed by atoms with van der Waals surface area (Å²) in [4.78, 5) is 10.9. The fraction of sp³-hybridized carbons (Fsp3) is 0.273. The number of carbonyl (C=O) groups excluding carboxylic acids is 1. The maximum absolute atomic E-state index is 10.9. The Morgan fingerprint density at radius 2 is 2.31 bits per heavy atom. The molecule has 0 saturated heterocycles. The quantitative estimate of drug-likeness (QED) is 0.560. The Kier molecular flexibility index (Phi) is 6.35. The first-order valence-corrected chi connectivity index (χ1v) is 4.14. The largest absolute Gasteiger partial charge is 2.00 e. The molecule has 1 aromatic rings. The number of carbonyl (C=O) groups is 1. The molecule has 0 amide bonds. The normalized spacial score (nSPS) is 8.69. The van der Waals surface area contributed by atoms with E-state index in [1.165, 1.54) is 0 Å². The minimum Gasteiger partial charge on any atom is -0.334 e. The SMILES string of the molecule is CCC(=O)[CH-]Cc1[c-]cccc1.[Ni+2]. The van der Waals surface area contributed by atoms with E-state index in [0.29, 0.717) is 12.8 Å². The molecule has 0 aliphatic heterocycles. The average molecular weight is 219 g/mol. The van der Waals surface area contributed by atoms with Crippen molar-refractivity contribution in [1.82, 2.24) is 0 Å². The van der Waals surface area contributed by atoms with Gasteiger partial charge in [-0.3, -0.25) is 0 Å². The maximum atomic E-state index is 10.9. The van der Waals surface area contributed by atoms with Crippen LogP contribution in [-0.4, -0.2) is 5.78 Å². The van der Waals surface area contributed by atoms with Crippen molar-refractivity contribution >= 4 is 5.78 Å². The maximum Gasteiger partial charge on any atom is 2.00 e. The van der Waals surface area contributed by atoms with E-state index in [0.717, 1.165) is 5.56 Å². The number of Topliss-reactive ketones (excluding diaryl/α,β-unsaturated/α-hetero) is 1. The first-order valence-electron chi connectivity index (χ1n) is 4.14. The van der Waals surface area contributed by atoms with Crippen LogP contribution in [0.4, 0.5) is 0 Å². The van der Waals surface area contributed by atoms with Gasteiger partial charge in [0.25, 0.3) is 0 Å². The molecule has 0 bridgehead atoms. The second-order valence-corrected chi connectivity index (χ2v) is 2.62. The summed E-state index contributed by atoms with van der Waals surface area (Å²) < 4.78 is 0. The topological polar surface area (TPSA) is 17.1 Å². The molecular formula is C11H12NiO. The zero-order valence-electron chi connectivity index (χ0n) is 7.53. The van der Waals surface area contributed by atoms with Gasteiger partial charge in [0.2, 0.25) is 0 Å². The molecular weight excluding hydrogens is 207 g/mol. The third-order valence-corrected chi connectivity index (χ3v) is 1.67. The minimum atomic E-state index is 0. The van der Waals surface area contributed by atoms with Gasteiger partial charge in [-0.1, -0.05) is 6.92 Å². The summed E-state index contributed by atoms with van der Waals surface area (Å²) in [6.07, 6.45) is 3.01. The minimum absolute atomic E-state index is 0. The second-order valence-electron chi connectivity index (χ2n) is 2.62. The van der Waals surface area contributed by atoms with Crippen LogP contribution in [0.15, 0.2) is 24.3 Å². The van der Waals surface area contributed by atoms with Crippen LogP contribution in [0.25, 0.3) is 0 Å². The van der Waals surface area contributed by atoms with Gasteiger partial charge in [-0.25, -0.2) is 0 Å². The average Bonchev–Trinajstić information content (AvgIpc) is 2.16. The van der Waals surface area contributed by atoms with Gasteiger partial charge in [0.1, 0.15) is 0 Å². The first-order chi connectivity index (χ1) is 5.83. The number of ketones is 1. The summed E-state index contributed by atoms with van der Waals surface area (Å²) >= 11 is 0. The second kappa shape index (κ2) is 6.74. The van der Waals surface area contributed by atoms with Crippen LogP contribution in [0.2, 0.25) is 0 Å². The van der Waals surface area contributed by atoms with Crippen molar-refractivity contribution in [3.63, 3.8) is 0 Å². The summed E-state index contributed by atoms with van der Waals surface area (Å²) in [5, 5.41) is 0. The Balaban J connectivity index is 0.00000144. The number of benzene rings is 1. The molecule has 1 nitrogen and oxygen atoms in total. The molecule has 0 N–H and O–H groups in total. The van der Waals surface area contributed by atoms with Crippen LogP contribution in [0.1, 0.15) is 18.9 Å². The predicted molar refractivity (Wildman–Crippen MR) is 48.6 cm³/mol. The number of rotatable bonds is 4. The molecule has 13 heavy (non-hydrogen) atoms. The summed E-state index contributed by atoms with van der Waals surface area (Å²) in [6, 6.07) is 10.8. The number of hydrogen-bond acceptors (Lipinski definition) is 1. The summed E-state index contributed by atoms with van der Waals surface area (Å²) in [5.41, 5.74) is 1.07. The van der Waals surface area contributed by atoms with Gasteiger partial charge in [-0.05, 0) is 12.2 Å². The smallest absolute Gasteiger partial charge is 0.334 e. The molecule has 0 aliphatic rings. The van der Waals surface area contributed by atoms with Crippen LogP contribution < -0.4 is 0 Å². The Hall–Kier alpha value is -0.746. The number of hydrogen-bond donors (Lipinski definition) is 0.